The third kappa shape index (κ3) is 4.80. The molecule has 2 aromatic rings. The van der Waals surface area contributed by atoms with Crippen molar-refractivity contribution < 1.29 is 13.9 Å². The Morgan fingerprint density at radius 2 is 1.67 bits per heavy atom. The van der Waals surface area contributed by atoms with E-state index in [4.69, 9.17) is 4.74 Å². The lowest BCUT2D eigenvalue weighted by Gasteiger charge is -2.12. The molecule has 0 saturated heterocycles. The number of halogens is 1. The number of carbonyl (C=O) groups excluding carboxylic acids is 1. The fourth-order valence-corrected chi connectivity index (χ4v) is 1.78. The molecule has 0 saturated carbocycles. The van der Waals surface area contributed by atoms with Crippen molar-refractivity contribution in [2.24, 2.45) is 0 Å². The molecule has 110 valence electrons. The van der Waals surface area contributed by atoms with Crippen molar-refractivity contribution >= 4 is 17.4 Å². The van der Waals surface area contributed by atoms with Gasteiger partial charge in [0.1, 0.15) is 11.6 Å². The predicted octanol–water partition coefficient (Wildman–Crippen LogP) is 4.26. The van der Waals surface area contributed by atoms with Gasteiger partial charge in [-0.2, -0.15) is 0 Å². The number of urea groups is 1. The summed E-state index contributed by atoms with van der Waals surface area (Å²) in [4.78, 5) is 11.8. The molecule has 0 unspecified atom stereocenters. The molecule has 0 aliphatic rings. The highest BCUT2D eigenvalue weighted by Gasteiger charge is 2.05. The average Bonchev–Trinajstić information content (AvgIpc) is 2.37. The first-order valence-corrected chi connectivity index (χ1v) is 6.63. The van der Waals surface area contributed by atoms with Crippen molar-refractivity contribution in [1.82, 2.24) is 0 Å². The van der Waals surface area contributed by atoms with Gasteiger partial charge in [0, 0.05) is 17.4 Å². The summed E-state index contributed by atoms with van der Waals surface area (Å²) in [6.07, 6.45) is 0.0568. The molecule has 0 heterocycles. The number of ether oxygens (including phenoxy) is 1. The summed E-state index contributed by atoms with van der Waals surface area (Å²) in [5, 5.41) is 5.23. The number of carbonyl (C=O) groups is 1. The van der Waals surface area contributed by atoms with Crippen LogP contribution in [0.5, 0.6) is 5.75 Å². The van der Waals surface area contributed by atoms with E-state index in [9.17, 15) is 9.18 Å². The van der Waals surface area contributed by atoms with Gasteiger partial charge in [-0.1, -0.05) is 12.1 Å². The van der Waals surface area contributed by atoms with Crippen molar-refractivity contribution in [1.29, 1.82) is 0 Å². The Hall–Kier alpha value is -2.56. The van der Waals surface area contributed by atoms with Crippen LogP contribution >= 0.6 is 0 Å². The lowest BCUT2D eigenvalue weighted by molar-refractivity contribution is 0.242. The monoisotopic (exact) mass is 288 g/mol. The minimum atomic E-state index is -0.442. The third-order valence-corrected chi connectivity index (χ3v) is 2.55. The van der Waals surface area contributed by atoms with Crippen LogP contribution in [0.2, 0.25) is 0 Å². The van der Waals surface area contributed by atoms with Crippen molar-refractivity contribution in [3.05, 3.63) is 54.3 Å². The maximum absolute atomic E-state index is 13.0. The van der Waals surface area contributed by atoms with Crippen LogP contribution in [0, 0.1) is 5.82 Å². The molecule has 0 atom stereocenters. The van der Waals surface area contributed by atoms with Crippen LogP contribution in [0.3, 0.4) is 0 Å². The van der Waals surface area contributed by atoms with Gasteiger partial charge in [-0.05, 0) is 44.2 Å². The molecule has 2 aromatic carbocycles. The Kier molecular flexibility index (Phi) is 4.77. The molecule has 2 N–H and O–H groups in total. The maximum atomic E-state index is 13.0. The van der Waals surface area contributed by atoms with Gasteiger partial charge < -0.3 is 15.4 Å². The zero-order chi connectivity index (χ0) is 15.2. The summed E-state index contributed by atoms with van der Waals surface area (Å²) in [5.74, 6) is 0.272. The van der Waals surface area contributed by atoms with Crippen molar-refractivity contribution in [3.8, 4) is 5.75 Å². The van der Waals surface area contributed by atoms with Crippen LogP contribution < -0.4 is 15.4 Å². The average molecular weight is 288 g/mol. The van der Waals surface area contributed by atoms with Crippen LogP contribution in [0.4, 0.5) is 20.6 Å². The number of anilines is 2. The third-order valence-electron chi connectivity index (χ3n) is 2.55. The molecular weight excluding hydrogens is 271 g/mol. The predicted molar refractivity (Wildman–Crippen MR) is 81.2 cm³/mol. The quantitative estimate of drug-likeness (QED) is 0.883. The second-order valence-corrected chi connectivity index (χ2v) is 4.78. The minimum Gasteiger partial charge on any atom is -0.491 e. The Bertz CT molecular complexity index is 629. The summed E-state index contributed by atoms with van der Waals surface area (Å²) in [7, 11) is 0. The number of amides is 2. The fraction of sp³-hybridized carbons (Fsp3) is 0.188. The summed E-state index contributed by atoms with van der Waals surface area (Å²) in [5.41, 5.74) is 0.990. The summed E-state index contributed by atoms with van der Waals surface area (Å²) < 4.78 is 18.6. The van der Waals surface area contributed by atoms with Gasteiger partial charge in [-0.15, -0.1) is 0 Å². The van der Waals surface area contributed by atoms with E-state index in [0.717, 1.165) is 0 Å². The van der Waals surface area contributed by atoms with Crippen LogP contribution in [-0.4, -0.2) is 12.1 Å². The first kappa shape index (κ1) is 14.8. The zero-order valence-corrected chi connectivity index (χ0v) is 11.9. The van der Waals surface area contributed by atoms with E-state index in [1.807, 2.05) is 19.9 Å². The van der Waals surface area contributed by atoms with Gasteiger partial charge in [0.2, 0.25) is 0 Å². The molecule has 2 amide bonds. The second kappa shape index (κ2) is 6.74. The van der Waals surface area contributed by atoms with E-state index in [2.05, 4.69) is 10.6 Å². The highest BCUT2D eigenvalue weighted by atomic mass is 19.1. The summed E-state index contributed by atoms with van der Waals surface area (Å²) in [6.45, 7) is 3.85. The largest absolute Gasteiger partial charge is 0.491 e. The smallest absolute Gasteiger partial charge is 0.323 e. The number of nitrogens with one attached hydrogen (secondary N) is 2. The molecule has 4 nitrogen and oxygen atoms in total. The van der Waals surface area contributed by atoms with Crippen molar-refractivity contribution in [2.45, 2.75) is 20.0 Å². The van der Waals surface area contributed by atoms with Gasteiger partial charge >= 0.3 is 6.03 Å². The molecule has 0 fully saturated rings. The fourth-order valence-electron chi connectivity index (χ4n) is 1.78. The molecule has 0 spiro atoms. The van der Waals surface area contributed by atoms with Gasteiger partial charge in [0.25, 0.3) is 0 Å². The Morgan fingerprint density at radius 1 is 1.05 bits per heavy atom. The molecule has 2 rings (SSSR count). The van der Waals surface area contributed by atoms with Gasteiger partial charge in [0.05, 0.1) is 6.10 Å². The Morgan fingerprint density at radius 3 is 2.29 bits per heavy atom. The van der Waals surface area contributed by atoms with Crippen LogP contribution in [0.25, 0.3) is 0 Å². The van der Waals surface area contributed by atoms with E-state index >= 15 is 0 Å². The Labute approximate surface area is 122 Å². The summed E-state index contributed by atoms with van der Waals surface area (Å²) >= 11 is 0. The lowest BCUT2D eigenvalue weighted by atomic mass is 10.3. The van der Waals surface area contributed by atoms with E-state index in [1.165, 1.54) is 18.2 Å². The SMILES string of the molecule is CC(C)Oc1cccc(NC(=O)Nc2cccc(F)c2)c1. The standard InChI is InChI=1S/C16H17FN2O2/c1-11(2)21-15-8-4-7-14(10-15)19-16(20)18-13-6-3-5-12(17)9-13/h3-11H,1-2H3,(H2,18,19,20). The Balaban J connectivity index is 1.99. The molecule has 5 heteroatoms. The molecule has 0 aromatic heterocycles. The van der Waals surface area contributed by atoms with Crippen LogP contribution in [0.15, 0.2) is 48.5 Å². The highest BCUT2D eigenvalue weighted by Crippen LogP contribution is 2.19. The number of hydrogen-bond acceptors (Lipinski definition) is 2. The highest BCUT2D eigenvalue weighted by molar-refractivity contribution is 5.99. The van der Waals surface area contributed by atoms with Crippen molar-refractivity contribution in [2.75, 3.05) is 10.6 Å². The van der Waals surface area contributed by atoms with Gasteiger partial charge in [-0.3, -0.25) is 0 Å². The maximum Gasteiger partial charge on any atom is 0.323 e. The molecule has 0 aliphatic carbocycles. The van der Waals surface area contributed by atoms with Crippen molar-refractivity contribution in [3.63, 3.8) is 0 Å². The molecule has 0 aliphatic heterocycles. The van der Waals surface area contributed by atoms with E-state index < -0.39 is 11.8 Å². The molecule has 0 bridgehead atoms. The van der Waals surface area contributed by atoms with E-state index in [-0.39, 0.29) is 6.10 Å². The minimum absolute atomic E-state index is 0.0568. The first-order chi connectivity index (χ1) is 10.0. The normalized spacial score (nSPS) is 10.3. The second-order valence-electron chi connectivity index (χ2n) is 4.78. The first-order valence-electron chi connectivity index (χ1n) is 6.63. The van der Waals surface area contributed by atoms with E-state index in [1.54, 1.807) is 24.3 Å². The van der Waals surface area contributed by atoms with Gasteiger partial charge in [0.15, 0.2) is 0 Å². The van der Waals surface area contributed by atoms with Gasteiger partial charge in [-0.25, -0.2) is 9.18 Å². The topological polar surface area (TPSA) is 50.4 Å². The number of rotatable bonds is 4. The molecule has 0 radical (unpaired) electrons. The van der Waals surface area contributed by atoms with E-state index in [0.29, 0.717) is 17.1 Å². The lowest BCUT2D eigenvalue weighted by Crippen LogP contribution is -2.19. The molecular formula is C16H17FN2O2. The zero-order valence-electron chi connectivity index (χ0n) is 11.9. The number of benzene rings is 2. The summed E-state index contributed by atoms with van der Waals surface area (Å²) in [6, 6.07) is 12.3. The van der Waals surface area contributed by atoms with Crippen LogP contribution in [-0.2, 0) is 0 Å². The van der Waals surface area contributed by atoms with Crippen LogP contribution in [0.1, 0.15) is 13.8 Å². The molecule has 21 heavy (non-hydrogen) atoms. The number of hydrogen-bond donors (Lipinski definition) is 2.